The molecule has 0 unspecified atom stereocenters. The van der Waals surface area contributed by atoms with Gasteiger partial charge in [-0.1, -0.05) is 23.8 Å². The first-order valence-electron chi connectivity index (χ1n) is 3.83. The van der Waals surface area contributed by atoms with E-state index in [1.165, 1.54) is 6.07 Å². The molecular weight excluding hydrogens is 210 g/mol. The van der Waals surface area contributed by atoms with Crippen molar-refractivity contribution >= 4 is 29.3 Å². The number of allylic oxidation sites excluding steroid dienone is 1. The summed E-state index contributed by atoms with van der Waals surface area (Å²) in [4.78, 5) is 0. The summed E-state index contributed by atoms with van der Waals surface area (Å²) >= 11 is 11.3. The Morgan fingerprint density at radius 2 is 2.15 bits per heavy atom. The number of hydrogen-bond donors (Lipinski definition) is 0. The van der Waals surface area contributed by atoms with E-state index in [-0.39, 0.29) is 5.82 Å². The minimum atomic E-state index is -0.275. The first-order chi connectivity index (χ1) is 6.15. The van der Waals surface area contributed by atoms with Gasteiger partial charge in [-0.2, -0.15) is 0 Å². The monoisotopic (exact) mass is 218 g/mol. The van der Waals surface area contributed by atoms with Gasteiger partial charge in [0.05, 0.1) is 0 Å². The van der Waals surface area contributed by atoms with Crippen molar-refractivity contribution in [3.05, 3.63) is 40.2 Å². The number of rotatable bonds is 2. The molecule has 0 atom stereocenters. The SMILES string of the molecule is Cc1cc(F)c(C=CCCl)cc1Cl. The molecule has 3 heteroatoms. The molecule has 0 saturated heterocycles. The lowest BCUT2D eigenvalue weighted by Gasteiger charge is -2.01. The molecule has 0 fully saturated rings. The van der Waals surface area contributed by atoms with E-state index >= 15 is 0 Å². The number of hydrogen-bond acceptors (Lipinski definition) is 0. The van der Waals surface area contributed by atoms with Crippen LogP contribution in [0.4, 0.5) is 4.39 Å². The van der Waals surface area contributed by atoms with Crippen LogP contribution in [0.1, 0.15) is 11.1 Å². The van der Waals surface area contributed by atoms with E-state index < -0.39 is 0 Å². The standard InChI is InChI=1S/C10H9Cl2F/c1-7-5-10(13)8(3-2-4-11)6-9(7)12/h2-3,5-6H,4H2,1H3. The Labute approximate surface area is 87.0 Å². The molecule has 0 aromatic heterocycles. The number of alkyl halides is 1. The van der Waals surface area contributed by atoms with Gasteiger partial charge in [-0.3, -0.25) is 0 Å². The molecule has 0 nitrogen and oxygen atoms in total. The highest BCUT2D eigenvalue weighted by Gasteiger charge is 2.02. The number of aryl methyl sites for hydroxylation is 1. The second-order valence-electron chi connectivity index (χ2n) is 2.68. The topological polar surface area (TPSA) is 0 Å². The normalized spacial score (nSPS) is 11.1. The van der Waals surface area contributed by atoms with Gasteiger partial charge in [0.25, 0.3) is 0 Å². The van der Waals surface area contributed by atoms with Crippen molar-refractivity contribution in [2.24, 2.45) is 0 Å². The van der Waals surface area contributed by atoms with E-state index in [0.29, 0.717) is 16.5 Å². The van der Waals surface area contributed by atoms with Crippen molar-refractivity contribution in [3.8, 4) is 0 Å². The first-order valence-corrected chi connectivity index (χ1v) is 4.74. The molecule has 0 radical (unpaired) electrons. The summed E-state index contributed by atoms with van der Waals surface area (Å²) in [5.41, 5.74) is 1.21. The molecular formula is C10H9Cl2F. The molecule has 0 bridgehead atoms. The van der Waals surface area contributed by atoms with Gasteiger partial charge in [0, 0.05) is 16.5 Å². The average Bonchev–Trinajstić information content (AvgIpc) is 2.09. The zero-order valence-electron chi connectivity index (χ0n) is 7.15. The van der Waals surface area contributed by atoms with Crippen LogP contribution < -0.4 is 0 Å². The highest BCUT2D eigenvalue weighted by molar-refractivity contribution is 6.31. The van der Waals surface area contributed by atoms with Crippen molar-refractivity contribution in [2.45, 2.75) is 6.92 Å². The Kier molecular flexibility index (Phi) is 3.76. The average molecular weight is 219 g/mol. The van der Waals surface area contributed by atoms with Crippen molar-refractivity contribution in [1.29, 1.82) is 0 Å². The minimum Gasteiger partial charge on any atom is -0.206 e. The molecule has 1 aromatic rings. The van der Waals surface area contributed by atoms with Gasteiger partial charge in [-0.15, -0.1) is 11.6 Å². The zero-order valence-corrected chi connectivity index (χ0v) is 8.66. The van der Waals surface area contributed by atoms with E-state index in [2.05, 4.69) is 0 Å². The molecule has 0 heterocycles. The van der Waals surface area contributed by atoms with Gasteiger partial charge in [0.15, 0.2) is 0 Å². The van der Waals surface area contributed by atoms with Crippen LogP contribution in [0.2, 0.25) is 5.02 Å². The smallest absolute Gasteiger partial charge is 0.130 e. The lowest BCUT2D eigenvalue weighted by molar-refractivity contribution is 0.624. The Bertz CT molecular complexity index is 332. The first kappa shape index (κ1) is 10.6. The summed E-state index contributed by atoms with van der Waals surface area (Å²) in [7, 11) is 0. The second-order valence-corrected chi connectivity index (χ2v) is 3.40. The van der Waals surface area contributed by atoms with E-state index in [1.54, 1.807) is 25.1 Å². The van der Waals surface area contributed by atoms with Crippen LogP contribution in [0.3, 0.4) is 0 Å². The van der Waals surface area contributed by atoms with E-state index in [1.807, 2.05) is 0 Å². The minimum absolute atomic E-state index is 0.275. The lowest BCUT2D eigenvalue weighted by Crippen LogP contribution is -1.85. The van der Waals surface area contributed by atoms with Crippen LogP contribution in [0.5, 0.6) is 0 Å². The fourth-order valence-electron chi connectivity index (χ4n) is 0.961. The molecule has 0 aliphatic carbocycles. The maximum absolute atomic E-state index is 13.2. The molecule has 0 aliphatic heterocycles. The predicted molar refractivity (Wildman–Crippen MR) is 55.9 cm³/mol. The molecule has 0 N–H and O–H groups in total. The third kappa shape index (κ3) is 2.71. The predicted octanol–water partition coefficient (Wildman–Crippen LogP) is 4.04. The van der Waals surface area contributed by atoms with E-state index in [4.69, 9.17) is 23.2 Å². The number of benzene rings is 1. The second kappa shape index (κ2) is 4.64. The van der Waals surface area contributed by atoms with Gasteiger partial charge in [-0.05, 0) is 24.6 Å². The fraction of sp³-hybridized carbons (Fsp3) is 0.200. The zero-order chi connectivity index (χ0) is 9.84. The van der Waals surface area contributed by atoms with Crippen LogP contribution in [-0.2, 0) is 0 Å². The van der Waals surface area contributed by atoms with Crippen molar-refractivity contribution < 1.29 is 4.39 Å². The van der Waals surface area contributed by atoms with Gasteiger partial charge < -0.3 is 0 Å². The van der Waals surface area contributed by atoms with E-state index in [9.17, 15) is 4.39 Å². The molecule has 0 saturated carbocycles. The third-order valence-electron chi connectivity index (χ3n) is 1.66. The summed E-state index contributed by atoms with van der Waals surface area (Å²) in [5.74, 6) is 0.0913. The van der Waals surface area contributed by atoms with Gasteiger partial charge in [0.2, 0.25) is 0 Å². The molecule has 0 spiro atoms. The summed E-state index contributed by atoms with van der Waals surface area (Å²) < 4.78 is 13.2. The molecule has 0 aliphatic rings. The van der Waals surface area contributed by atoms with Crippen LogP contribution in [0, 0.1) is 12.7 Å². The van der Waals surface area contributed by atoms with Crippen molar-refractivity contribution in [1.82, 2.24) is 0 Å². The Balaban J connectivity index is 3.08. The van der Waals surface area contributed by atoms with Gasteiger partial charge in [0.1, 0.15) is 5.82 Å². The maximum atomic E-state index is 13.2. The summed E-state index contributed by atoms with van der Waals surface area (Å²) in [6.07, 6.45) is 3.29. The van der Waals surface area contributed by atoms with Gasteiger partial charge >= 0.3 is 0 Å². The Hall–Kier alpha value is -0.530. The maximum Gasteiger partial charge on any atom is 0.130 e. The Morgan fingerprint density at radius 3 is 2.77 bits per heavy atom. The summed E-state index contributed by atoms with van der Waals surface area (Å²) in [6, 6.07) is 3.01. The van der Waals surface area contributed by atoms with Crippen LogP contribution in [0.25, 0.3) is 6.08 Å². The third-order valence-corrected chi connectivity index (χ3v) is 2.25. The molecule has 13 heavy (non-hydrogen) atoms. The van der Waals surface area contributed by atoms with Crippen LogP contribution in [0.15, 0.2) is 18.2 Å². The molecule has 70 valence electrons. The number of halogens is 3. The van der Waals surface area contributed by atoms with Crippen molar-refractivity contribution in [2.75, 3.05) is 5.88 Å². The van der Waals surface area contributed by atoms with Crippen molar-refractivity contribution in [3.63, 3.8) is 0 Å². The summed E-state index contributed by atoms with van der Waals surface area (Å²) in [5, 5.41) is 0.565. The molecule has 1 rings (SSSR count). The molecule has 0 amide bonds. The molecule has 1 aromatic carbocycles. The highest BCUT2D eigenvalue weighted by atomic mass is 35.5. The fourth-order valence-corrected chi connectivity index (χ4v) is 1.22. The van der Waals surface area contributed by atoms with Crippen LogP contribution >= 0.6 is 23.2 Å². The highest BCUT2D eigenvalue weighted by Crippen LogP contribution is 2.20. The lowest BCUT2D eigenvalue weighted by atomic mass is 10.1. The Morgan fingerprint density at radius 1 is 1.46 bits per heavy atom. The van der Waals surface area contributed by atoms with Gasteiger partial charge in [-0.25, -0.2) is 4.39 Å². The van der Waals surface area contributed by atoms with E-state index in [0.717, 1.165) is 5.56 Å². The van der Waals surface area contributed by atoms with Crippen LogP contribution in [-0.4, -0.2) is 5.88 Å². The largest absolute Gasteiger partial charge is 0.206 e. The summed E-state index contributed by atoms with van der Waals surface area (Å²) in [6.45, 7) is 1.76. The quantitative estimate of drug-likeness (QED) is 0.658.